The Morgan fingerprint density at radius 1 is 1.00 bits per heavy atom. The Kier molecular flexibility index (Phi) is 5.74. The zero-order chi connectivity index (χ0) is 21.3. The second kappa shape index (κ2) is 8.45. The van der Waals surface area contributed by atoms with Crippen LogP contribution in [0.1, 0.15) is 24.8 Å². The molecule has 0 unspecified atom stereocenters. The molecule has 0 bridgehead atoms. The summed E-state index contributed by atoms with van der Waals surface area (Å²) in [7, 11) is 3.20. The number of hydrogen-bond donors (Lipinski definition) is 0. The zero-order valence-electron chi connectivity index (χ0n) is 17.0. The van der Waals surface area contributed by atoms with Gasteiger partial charge >= 0.3 is 0 Å². The smallest absolute Gasteiger partial charge is 0.232 e. The van der Waals surface area contributed by atoms with E-state index in [0.717, 1.165) is 16.0 Å². The van der Waals surface area contributed by atoms with Gasteiger partial charge in [-0.25, -0.2) is 4.99 Å². The number of halogens is 1. The summed E-state index contributed by atoms with van der Waals surface area (Å²) >= 11 is 7.70. The number of aromatic nitrogens is 2. The summed E-state index contributed by atoms with van der Waals surface area (Å²) in [4.78, 5) is 4.75. The summed E-state index contributed by atoms with van der Waals surface area (Å²) in [5.41, 5.74) is 1.50. The van der Waals surface area contributed by atoms with Crippen molar-refractivity contribution < 1.29 is 13.9 Å². The van der Waals surface area contributed by atoms with E-state index in [9.17, 15) is 0 Å². The van der Waals surface area contributed by atoms with Gasteiger partial charge in [-0.05, 0) is 36.4 Å². The van der Waals surface area contributed by atoms with Gasteiger partial charge in [-0.15, -0.1) is 10.2 Å². The van der Waals surface area contributed by atoms with Crippen LogP contribution in [0.25, 0.3) is 22.3 Å². The molecular formula is C22H20ClN3O3S. The summed E-state index contributed by atoms with van der Waals surface area (Å²) in [6, 6.07) is 12.9. The van der Waals surface area contributed by atoms with Crippen molar-refractivity contribution in [3.8, 4) is 22.8 Å². The van der Waals surface area contributed by atoms with Crippen molar-refractivity contribution >= 4 is 39.0 Å². The molecule has 0 aliphatic heterocycles. The first kappa shape index (κ1) is 20.4. The second-order valence-corrected chi connectivity index (χ2v) is 8.32. The van der Waals surface area contributed by atoms with Gasteiger partial charge in [0, 0.05) is 28.0 Å². The molecule has 0 aliphatic rings. The average molecular weight is 442 g/mol. The minimum Gasteiger partial charge on any atom is -0.493 e. The second-order valence-electron chi connectivity index (χ2n) is 6.90. The molecule has 0 spiro atoms. The fourth-order valence-electron chi connectivity index (χ4n) is 2.97. The van der Waals surface area contributed by atoms with E-state index in [1.807, 2.05) is 36.4 Å². The van der Waals surface area contributed by atoms with Gasteiger partial charge in [0.1, 0.15) is 16.4 Å². The summed E-state index contributed by atoms with van der Waals surface area (Å²) < 4.78 is 16.9. The van der Waals surface area contributed by atoms with E-state index < -0.39 is 0 Å². The number of nitrogens with zero attached hydrogens (tertiary/aromatic N) is 3. The number of methoxy groups -OCH3 is 2. The number of fused-ring (bicyclic) bond motifs is 1. The van der Waals surface area contributed by atoms with Crippen LogP contribution in [0.3, 0.4) is 0 Å². The highest BCUT2D eigenvalue weighted by atomic mass is 35.5. The van der Waals surface area contributed by atoms with E-state index >= 15 is 0 Å². The Bertz CT molecular complexity index is 1280. The first-order valence-corrected chi connectivity index (χ1v) is 10.5. The van der Waals surface area contributed by atoms with Gasteiger partial charge in [-0.2, -0.15) is 0 Å². The monoisotopic (exact) mass is 441 g/mol. The third-order valence-corrected chi connectivity index (χ3v) is 5.87. The van der Waals surface area contributed by atoms with E-state index in [4.69, 9.17) is 30.5 Å². The third kappa shape index (κ3) is 4.04. The molecule has 154 valence electrons. The van der Waals surface area contributed by atoms with Crippen molar-refractivity contribution in [1.82, 2.24) is 10.2 Å². The van der Waals surface area contributed by atoms with Gasteiger partial charge in [0.25, 0.3) is 0 Å². The highest BCUT2D eigenvalue weighted by Gasteiger charge is 2.12. The molecule has 6 nitrogen and oxygen atoms in total. The number of benzene rings is 2. The molecule has 0 saturated heterocycles. The molecule has 2 aromatic heterocycles. The van der Waals surface area contributed by atoms with Crippen molar-refractivity contribution in [3.63, 3.8) is 0 Å². The van der Waals surface area contributed by atoms with Gasteiger partial charge < -0.3 is 13.9 Å². The zero-order valence-corrected chi connectivity index (χ0v) is 18.5. The fraction of sp³-hybridized carbons (Fsp3) is 0.227. The Labute approximate surface area is 182 Å². The lowest BCUT2D eigenvalue weighted by Gasteiger charge is -2.10. The lowest BCUT2D eigenvalue weighted by Crippen LogP contribution is -2.03. The van der Waals surface area contributed by atoms with Crippen LogP contribution in [0.5, 0.6) is 11.5 Å². The summed E-state index contributed by atoms with van der Waals surface area (Å²) in [6.45, 7) is 4.16. The minimum atomic E-state index is 0.297. The van der Waals surface area contributed by atoms with E-state index in [2.05, 4.69) is 24.0 Å². The lowest BCUT2D eigenvalue weighted by molar-refractivity contribution is 0.355. The molecule has 0 N–H and O–H groups in total. The predicted molar refractivity (Wildman–Crippen MR) is 119 cm³/mol. The molecule has 30 heavy (non-hydrogen) atoms. The molecule has 0 amide bonds. The molecule has 0 saturated carbocycles. The topological polar surface area (TPSA) is 69.7 Å². The molecule has 0 fully saturated rings. The quantitative estimate of drug-likeness (QED) is 0.381. The van der Waals surface area contributed by atoms with Crippen LogP contribution < -0.4 is 14.8 Å². The van der Waals surface area contributed by atoms with Gasteiger partial charge in [0.15, 0.2) is 11.5 Å². The molecular weight excluding hydrogens is 422 g/mol. The van der Waals surface area contributed by atoms with Crippen LogP contribution in [-0.4, -0.2) is 24.4 Å². The number of ether oxygens (including phenoxy) is 2. The normalized spacial score (nSPS) is 12.0. The molecule has 4 rings (SSSR count). The Balaban J connectivity index is 1.93. The van der Waals surface area contributed by atoms with Crippen molar-refractivity contribution in [3.05, 3.63) is 57.9 Å². The first-order chi connectivity index (χ1) is 14.5. The van der Waals surface area contributed by atoms with Crippen molar-refractivity contribution in [2.24, 2.45) is 4.99 Å². The summed E-state index contributed by atoms with van der Waals surface area (Å²) in [6.07, 6.45) is 0. The van der Waals surface area contributed by atoms with Crippen LogP contribution in [0.15, 0.2) is 51.9 Å². The maximum atomic E-state index is 6.23. The van der Waals surface area contributed by atoms with E-state index in [-0.39, 0.29) is 0 Å². The molecule has 0 atom stereocenters. The maximum Gasteiger partial charge on any atom is 0.232 e. The molecule has 0 aliphatic carbocycles. The van der Waals surface area contributed by atoms with Crippen LogP contribution in [0, 0.1) is 0 Å². The molecule has 0 radical (unpaired) electrons. The lowest BCUT2D eigenvalue weighted by atomic mass is 10.1. The molecule has 2 aromatic carbocycles. The maximum absolute atomic E-state index is 6.23. The SMILES string of the molecule is COc1ccc(-c2cc(=Nc3nnc(C(C)C)s3)c3cc(Cl)ccc3o2)cc1OC. The largest absolute Gasteiger partial charge is 0.493 e. The van der Waals surface area contributed by atoms with Crippen molar-refractivity contribution in [1.29, 1.82) is 0 Å². The van der Waals surface area contributed by atoms with E-state index in [1.54, 1.807) is 20.3 Å². The predicted octanol–water partition coefficient (Wildman–Crippen LogP) is 5.98. The van der Waals surface area contributed by atoms with Crippen LogP contribution >= 0.6 is 22.9 Å². The van der Waals surface area contributed by atoms with Crippen LogP contribution in [0.4, 0.5) is 5.13 Å². The van der Waals surface area contributed by atoms with Gasteiger partial charge in [-0.3, -0.25) is 0 Å². The van der Waals surface area contributed by atoms with Gasteiger partial charge in [0.2, 0.25) is 5.13 Å². The first-order valence-electron chi connectivity index (χ1n) is 9.32. The van der Waals surface area contributed by atoms with Crippen LogP contribution in [0.2, 0.25) is 5.02 Å². The Morgan fingerprint density at radius 2 is 1.80 bits per heavy atom. The molecule has 4 aromatic rings. The standard InChI is InChI=1S/C22H20ClN3O3S/c1-12(2)21-25-26-22(30-21)24-16-11-19(29-17-8-6-14(23)10-15(16)17)13-5-7-18(27-3)20(9-13)28-4/h5-12H,1-4H3. The van der Waals surface area contributed by atoms with Gasteiger partial charge in [0.05, 0.1) is 19.6 Å². The van der Waals surface area contributed by atoms with Gasteiger partial charge in [-0.1, -0.05) is 36.8 Å². The Morgan fingerprint density at radius 3 is 2.50 bits per heavy atom. The third-order valence-electron chi connectivity index (χ3n) is 4.51. The summed E-state index contributed by atoms with van der Waals surface area (Å²) in [5.74, 6) is 2.20. The summed E-state index contributed by atoms with van der Waals surface area (Å²) in [5, 5.41) is 12.1. The Hall–Kier alpha value is -2.90. The van der Waals surface area contributed by atoms with E-state index in [0.29, 0.717) is 44.3 Å². The molecule has 2 heterocycles. The average Bonchev–Trinajstić information content (AvgIpc) is 3.22. The fourth-order valence-corrected chi connectivity index (χ4v) is 3.88. The highest BCUT2D eigenvalue weighted by Crippen LogP contribution is 2.33. The molecule has 8 heteroatoms. The number of hydrogen-bond acceptors (Lipinski definition) is 7. The highest BCUT2D eigenvalue weighted by molar-refractivity contribution is 7.15. The van der Waals surface area contributed by atoms with Crippen molar-refractivity contribution in [2.75, 3.05) is 14.2 Å². The van der Waals surface area contributed by atoms with Crippen LogP contribution in [-0.2, 0) is 0 Å². The van der Waals surface area contributed by atoms with Crippen molar-refractivity contribution in [2.45, 2.75) is 19.8 Å². The minimum absolute atomic E-state index is 0.297. The van der Waals surface area contributed by atoms with E-state index in [1.165, 1.54) is 11.3 Å². The number of rotatable bonds is 5.